The Morgan fingerprint density at radius 1 is 1.39 bits per heavy atom. The second-order valence-corrected chi connectivity index (χ2v) is 4.31. The molecule has 7 heteroatoms. The lowest BCUT2D eigenvalue weighted by Crippen LogP contribution is -2.05. The van der Waals surface area contributed by atoms with E-state index in [1.165, 1.54) is 6.33 Å². The predicted molar refractivity (Wildman–Crippen MR) is 72.8 cm³/mol. The number of ether oxygens (including phenoxy) is 1. The van der Waals surface area contributed by atoms with E-state index < -0.39 is 0 Å². The molecule has 0 aliphatic heterocycles. The molecule has 0 spiro atoms. The molecule has 0 atom stereocenters. The van der Waals surface area contributed by atoms with Gasteiger partial charge >= 0.3 is 0 Å². The van der Waals surface area contributed by atoms with Crippen LogP contribution in [0.4, 0.5) is 17.2 Å². The van der Waals surface area contributed by atoms with Crippen LogP contribution in [0.25, 0.3) is 0 Å². The smallest absolute Gasteiger partial charge is 0.242 e. The van der Waals surface area contributed by atoms with E-state index in [4.69, 9.17) is 10.5 Å². The quantitative estimate of drug-likeness (QED) is 0.901. The molecule has 0 radical (unpaired) electrons. The molecule has 0 saturated carbocycles. The zero-order valence-corrected chi connectivity index (χ0v) is 11.3. The highest BCUT2D eigenvalue weighted by atomic mass is 79.9. The van der Waals surface area contributed by atoms with Gasteiger partial charge in [0.2, 0.25) is 5.88 Å². The molecule has 0 aliphatic carbocycles. The normalized spacial score (nSPS) is 10.1. The fourth-order valence-electron chi connectivity index (χ4n) is 1.35. The van der Waals surface area contributed by atoms with Crippen molar-refractivity contribution < 1.29 is 4.74 Å². The van der Waals surface area contributed by atoms with E-state index in [0.29, 0.717) is 24.0 Å². The fraction of sp³-hybridized carbons (Fsp3) is 0.182. The first kappa shape index (κ1) is 12.6. The van der Waals surface area contributed by atoms with Crippen LogP contribution in [0.2, 0.25) is 0 Å². The van der Waals surface area contributed by atoms with Gasteiger partial charge in [0.05, 0.1) is 18.5 Å². The second-order valence-electron chi connectivity index (χ2n) is 3.39. The maximum Gasteiger partial charge on any atom is 0.242 e. The van der Waals surface area contributed by atoms with Gasteiger partial charge in [-0.3, -0.25) is 4.98 Å². The second kappa shape index (κ2) is 5.63. The Kier molecular flexibility index (Phi) is 3.93. The minimum Gasteiger partial charge on any atom is -0.476 e. The molecule has 94 valence electrons. The molecule has 0 fully saturated rings. The van der Waals surface area contributed by atoms with E-state index in [1.54, 1.807) is 12.4 Å². The minimum atomic E-state index is 0.373. The standard InChI is InChI=1S/C11H12BrN5O/c1-2-18-11-9(13)10(15-6-16-11)17-8-3-7(12)4-14-5-8/h3-6H,2,13H2,1H3,(H,15,16,17). The lowest BCUT2D eigenvalue weighted by molar-refractivity contribution is 0.328. The van der Waals surface area contributed by atoms with Crippen molar-refractivity contribution in [2.45, 2.75) is 6.92 Å². The summed E-state index contributed by atoms with van der Waals surface area (Å²) >= 11 is 3.34. The molecule has 0 aromatic carbocycles. The molecular formula is C11H12BrN5O. The highest BCUT2D eigenvalue weighted by Crippen LogP contribution is 2.27. The Morgan fingerprint density at radius 3 is 2.94 bits per heavy atom. The lowest BCUT2D eigenvalue weighted by atomic mass is 10.4. The first-order valence-corrected chi connectivity index (χ1v) is 6.11. The Bertz CT molecular complexity index is 549. The number of anilines is 3. The third-order valence-electron chi connectivity index (χ3n) is 2.10. The van der Waals surface area contributed by atoms with Crippen LogP contribution in [-0.4, -0.2) is 21.6 Å². The number of nitrogens with two attached hydrogens (primary N) is 1. The van der Waals surface area contributed by atoms with Crippen LogP contribution >= 0.6 is 15.9 Å². The summed E-state index contributed by atoms with van der Waals surface area (Å²) < 4.78 is 6.16. The summed E-state index contributed by atoms with van der Waals surface area (Å²) in [5.74, 6) is 0.867. The van der Waals surface area contributed by atoms with Crippen molar-refractivity contribution in [2.75, 3.05) is 17.7 Å². The third kappa shape index (κ3) is 2.86. The molecule has 0 aliphatic rings. The number of halogens is 1. The summed E-state index contributed by atoms with van der Waals surface area (Å²) in [4.78, 5) is 12.1. The highest BCUT2D eigenvalue weighted by Gasteiger charge is 2.09. The zero-order valence-electron chi connectivity index (χ0n) is 9.72. The van der Waals surface area contributed by atoms with E-state index in [9.17, 15) is 0 Å². The summed E-state index contributed by atoms with van der Waals surface area (Å²) in [6, 6.07) is 1.87. The molecule has 2 rings (SSSR count). The van der Waals surface area contributed by atoms with Gasteiger partial charge in [-0.05, 0) is 28.9 Å². The number of pyridine rings is 1. The van der Waals surface area contributed by atoms with E-state index in [0.717, 1.165) is 10.2 Å². The number of nitrogen functional groups attached to an aromatic ring is 1. The Morgan fingerprint density at radius 2 is 2.22 bits per heavy atom. The molecule has 18 heavy (non-hydrogen) atoms. The van der Waals surface area contributed by atoms with E-state index in [2.05, 4.69) is 36.2 Å². The minimum absolute atomic E-state index is 0.373. The summed E-state index contributed by atoms with van der Waals surface area (Å²) in [7, 11) is 0. The largest absolute Gasteiger partial charge is 0.476 e. The summed E-state index contributed by atoms with van der Waals surface area (Å²) in [6.45, 7) is 2.37. The number of rotatable bonds is 4. The average Bonchev–Trinajstić information content (AvgIpc) is 2.35. The lowest BCUT2D eigenvalue weighted by Gasteiger charge is -2.10. The van der Waals surface area contributed by atoms with Crippen molar-refractivity contribution in [1.29, 1.82) is 0 Å². The third-order valence-corrected chi connectivity index (χ3v) is 2.53. The van der Waals surface area contributed by atoms with Crippen LogP contribution in [0.15, 0.2) is 29.3 Å². The van der Waals surface area contributed by atoms with Gasteiger partial charge in [-0.1, -0.05) is 0 Å². The van der Waals surface area contributed by atoms with Crippen molar-refractivity contribution in [3.8, 4) is 5.88 Å². The van der Waals surface area contributed by atoms with Crippen molar-refractivity contribution >= 4 is 33.1 Å². The van der Waals surface area contributed by atoms with Crippen LogP contribution in [0.5, 0.6) is 5.88 Å². The van der Waals surface area contributed by atoms with Crippen molar-refractivity contribution in [3.05, 3.63) is 29.3 Å². The van der Waals surface area contributed by atoms with E-state index in [-0.39, 0.29) is 0 Å². The number of hydrogen-bond acceptors (Lipinski definition) is 6. The topological polar surface area (TPSA) is 86.0 Å². The number of nitrogens with zero attached hydrogens (tertiary/aromatic N) is 3. The van der Waals surface area contributed by atoms with Gasteiger partial charge in [0.15, 0.2) is 5.82 Å². The zero-order chi connectivity index (χ0) is 13.0. The molecule has 3 N–H and O–H groups in total. The first-order chi connectivity index (χ1) is 8.70. The van der Waals surface area contributed by atoms with Gasteiger partial charge in [-0.2, -0.15) is 4.98 Å². The molecule has 2 aromatic heterocycles. The van der Waals surface area contributed by atoms with E-state index >= 15 is 0 Å². The van der Waals surface area contributed by atoms with Gasteiger partial charge in [0.1, 0.15) is 12.0 Å². The van der Waals surface area contributed by atoms with Gasteiger partial charge < -0.3 is 15.8 Å². The van der Waals surface area contributed by atoms with Gasteiger partial charge in [-0.15, -0.1) is 0 Å². The van der Waals surface area contributed by atoms with Crippen LogP contribution in [0, 0.1) is 0 Å². The van der Waals surface area contributed by atoms with Gasteiger partial charge in [0, 0.05) is 10.7 Å². The van der Waals surface area contributed by atoms with Crippen LogP contribution in [-0.2, 0) is 0 Å². The maximum absolute atomic E-state index is 5.91. The molecule has 2 heterocycles. The number of aromatic nitrogens is 3. The molecule has 0 unspecified atom stereocenters. The van der Waals surface area contributed by atoms with Crippen LogP contribution in [0.1, 0.15) is 6.92 Å². The monoisotopic (exact) mass is 309 g/mol. The SMILES string of the molecule is CCOc1ncnc(Nc2cncc(Br)c2)c1N. The highest BCUT2D eigenvalue weighted by molar-refractivity contribution is 9.10. The molecule has 0 bridgehead atoms. The molecule has 6 nitrogen and oxygen atoms in total. The van der Waals surface area contributed by atoms with Crippen molar-refractivity contribution in [2.24, 2.45) is 0 Å². The first-order valence-electron chi connectivity index (χ1n) is 5.31. The average molecular weight is 310 g/mol. The van der Waals surface area contributed by atoms with Gasteiger partial charge in [-0.25, -0.2) is 4.98 Å². The Hall–Kier alpha value is -1.89. The van der Waals surface area contributed by atoms with Gasteiger partial charge in [0.25, 0.3) is 0 Å². The van der Waals surface area contributed by atoms with Crippen LogP contribution < -0.4 is 15.8 Å². The fourth-order valence-corrected chi connectivity index (χ4v) is 1.71. The molecule has 0 amide bonds. The summed E-state index contributed by atoms with van der Waals surface area (Å²) in [5, 5.41) is 3.06. The summed E-state index contributed by atoms with van der Waals surface area (Å²) in [6.07, 6.45) is 4.77. The molecule has 2 aromatic rings. The Balaban J connectivity index is 2.26. The van der Waals surface area contributed by atoms with Crippen molar-refractivity contribution in [3.63, 3.8) is 0 Å². The molecule has 0 saturated heterocycles. The predicted octanol–water partition coefficient (Wildman–Crippen LogP) is 2.36. The Labute approximate surface area is 113 Å². The number of nitrogens with one attached hydrogen (secondary N) is 1. The van der Waals surface area contributed by atoms with Crippen molar-refractivity contribution in [1.82, 2.24) is 15.0 Å². The van der Waals surface area contributed by atoms with Crippen LogP contribution in [0.3, 0.4) is 0 Å². The maximum atomic E-state index is 5.91. The number of hydrogen-bond donors (Lipinski definition) is 2. The molecular weight excluding hydrogens is 298 g/mol. The van der Waals surface area contributed by atoms with E-state index in [1.807, 2.05) is 13.0 Å². The summed E-state index contributed by atoms with van der Waals surface area (Å²) in [5.41, 5.74) is 7.06.